The Morgan fingerprint density at radius 3 is 1.84 bits per heavy atom. The molecule has 11 rings (SSSR count). The normalized spacial score (nSPS) is 12.0. The number of nitrogens with zero attached hydrogens (tertiary/aromatic N) is 2. The van der Waals surface area contributed by atoms with Crippen molar-refractivity contribution in [2.45, 2.75) is 0 Å². The maximum atomic E-state index is 6.74. The molecule has 232 valence electrons. The molecule has 0 spiro atoms. The van der Waals surface area contributed by atoms with E-state index in [0.717, 1.165) is 99.2 Å². The van der Waals surface area contributed by atoms with Crippen LogP contribution >= 0.6 is 0 Å². The number of aromatic nitrogens is 2. The summed E-state index contributed by atoms with van der Waals surface area (Å²) in [5.74, 6) is 0. The van der Waals surface area contributed by atoms with E-state index in [0.29, 0.717) is 0 Å². The van der Waals surface area contributed by atoms with Crippen molar-refractivity contribution < 1.29 is 8.83 Å². The van der Waals surface area contributed by atoms with Crippen molar-refractivity contribution in [1.82, 2.24) is 9.97 Å². The summed E-state index contributed by atoms with van der Waals surface area (Å²) in [6, 6.07) is 52.9. The molecule has 50 heavy (non-hydrogen) atoms. The third-order valence-corrected chi connectivity index (χ3v) is 10.1. The smallest absolute Gasteiger partial charge is 0.147 e. The predicted molar refractivity (Wildman–Crippen MR) is 205 cm³/mol. The molecule has 0 radical (unpaired) electrons. The summed E-state index contributed by atoms with van der Waals surface area (Å²) in [6.07, 6.45) is 1.90. The summed E-state index contributed by atoms with van der Waals surface area (Å²) in [5.41, 5.74) is 11.6. The Hall–Kier alpha value is -6.78. The monoisotopic (exact) mass is 638 g/mol. The zero-order valence-corrected chi connectivity index (χ0v) is 26.7. The first-order valence-electron chi connectivity index (χ1n) is 16.8. The van der Waals surface area contributed by atoms with E-state index in [1.165, 1.54) is 10.8 Å². The molecule has 0 saturated heterocycles. The van der Waals surface area contributed by atoms with Crippen molar-refractivity contribution in [1.29, 1.82) is 0 Å². The lowest BCUT2D eigenvalue weighted by Crippen LogP contribution is -1.92. The van der Waals surface area contributed by atoms with Crippen LogP contribution in [0.2, 0.25) is 0 Å². The van der Waals surface area contributed by atoms with Crippen LogP contribution in [-0.4, -0.2) is 9.97 Å². The topological polar surface area (TPSA) is 52.1 Å². The predicted octanol–water partition coefficient (Wildman–Crippen LogP) is 12.7. The molecule has 0 atom stereocenters. The van der Waals surface area contributed by atoms with Gasteiger partial charge in [0.1, 0.15) is 22.3 Å². The maximum absolute atomic E-state index is 6.74. The van der Waals surface area contributed by atoms with Crippen LogP contribution in [-0.2, 0) is 0 Å². The third kappa shape index (κ3) is 3.93. The van der Waals surface area contributed by atoms with E-state index in [1.807, 2.05) is 24.4 Å². The highest BCUT2D eigenvalue weighted by Gasteiger charge is 2.18. The number of para-hydroxylation sites is 2. The van der Waals surface area contributed by atoms with Crippen LogP contribution in [0.5, 0.6) is 0 Å². The van der Waals surface area contributed by atoms with Crippen LogP contribution in [0.3, 0.4) is 0 Å². The molecular formula is C46H26N2O2. The second kappa shape index (κ2) is 10.4. The van der Waals surface area contributed by atoms with Crippen LogP contribution in [0.25, 0.3) is 110 Å². The maximum Gasteiger partial charge on any atom is 0.147 e. The van der Waals surface area contributed by atoms with E-state index in [9.17, 15) is 0 Å². The molecule has 0 unspecified atom stereocenters. The summed E-state index contributed by atoms with van der Waals surface area (Å²) in [5, 5.41) is 8.90. The Labute approximate surface area is 285 Å². The van der Waals surface area contributed by atoms with Gasteiger partial charge in [-0.05, 0) is 51.7 Å². The Balaban J connectivity index is 0.993. The molecule has 0 bridgehead atoms. The zero-order valence-electron chi connectivity index (χ0n) is 26.7. The Bertz CT molecular complexity index is 3120. The Kier molecular flexibility index (Phi) is 5.63. The molecule has 0 amide bonds. The molecule has 8 aromatic carbocycles. The summed E-state index contributed by atoms with van der Waals surface area (Å²) < 4.78 is 12.9. The molecule has 0 fully saturated rings. The molecule has 0 N–H and O–H groups in total. The SMILES string of the molecule is c1cc(-c2ccc(-c3cnc4c5ccccc5c5ccccc5c4n3)cc2)cc(-c2cccc3c2oc2c3ccc3oc4ccccc4c32)c1. The number of rotatable bonds is 3. The lowest BCUT2D eigenvalue weighted by atomic mass is 9.96. The highest BCUT2D eigenvalue weighted by Crippen LogP contribution is 2.42. The van der Waals surface area contributed by atoms with Crippen molar-refractivity contribution in [2.24, 2.45) is 0 Å². The van der Waals surface area contributed by atoms with Crippen LogP contribution in [0, 0.1) is 0 Å². The molecular weight excluding hydrogens is 613 g/mol. The van der Waals surface area contributed by atoms with E-state index in [4.69, 9.17) is 18.8 Å². The van der Waals surface area contributed by atoms with Gasteiger partial charge in [-0.25, -0.2) is 4.98 Å². The Morgan fingerprint density at radius 1 is 0.380 bits per heavy atom. The lowest BCUT2D eigenvalue weighted by molar-refractivity contribution is 0.663. The molecule has 3 aromatic heterocycles. The highest BCUT2D eigenvalue weighted by atomic mass is 16.3. The number of benzene rings is 8. The van der Waals surface area contributed by atoms with E-state index in [1.54, 1.807) is 0 Å². The van der Waals surface area contributed by atoms with Gasteiger partial charge in [0.25, 0.3) is 0 Å². The largest absolute Gasteiger partial charge is 0.456 e. The fraction of sp³-hybridized carbons (Fsp3) is 0. The summed E-state index contributed by atoms with van der Waals surface area (Å²) in [7, 11) is 0. The lowest BCUT2D eigenvalue weighted by Gasteiger charge is -2.11. The van der Waals surface area contributed by atoms with Gasteiger partial charge < -0.3 is 8.83 Å². The average molecular weight is 639 g/mol. The highest BCUT2D eigenvalue weighted by molar-refractivity contribution is 6.24. The second-order valence-electron chi connectivity index (χ2n) is 12.9. The molecule has 0 aliphatic heterocycles. The average Bonchev–Trinajstić information content (AvgIpc) is 3.76. The molecule has 0 aliphatic carbocycles. The van der Waals surface area contributed by atoms with Crippen molar-refractivity contribution in [2.75, 3.05) is 0 Å². The van der Waals surface area contributed by atoms with Crippen molar-refractivity contribution in [3.8, 4) is 33.5 Å². The van der Waals surface area contributed by atoms with Gasteiger partial charge in [0.2, 0.25) is 0 Å². The van der Waals surface area contributed by atoms with Gasteiger partial charge in [-0.3, -0.25) is 4.98 Å². The van der Waals surface area contributed by atoms with Gasteiger partial charge in [-0.2, -0.15) is 0 Å². The summed E-state index contributed by atoms with van der Waals surface area (Å²) in [4.78, 5) is 10.1. The minimum Gasteiger partial charge on any atom is -0.456 e. The van der Waals surface area contributed by atoms with Gasteiger partial charge in [0.15, 0.2) is 0 Å². The van der Waals surface area contributed by atoms with Gasteiger partial charge in [0.05, 0.1) is 28.3 Å². The van der Waals surface area contributed by atoms with Gasteiger partial charge in [-0.1, -0.05) is 127 Å². The van der Waals surface area contributed by atoms with E-state index >= 15 is 0 Å². The minimum atomic E-state index is 0.835. The molecule has 0 aliphatic rings. The standard InChI is InChI=1S/C46H26N2O2/c1-3-13-34-32(11-1)33-12-2-4-14-35(33)44-43(34)47-26-39(48-44)28-21-19-27(20-22-28)29-9-7-10-30(25-29)31-16-8-17-36-37-23-24-41-42(46(37)50-45(31)36)38-15-5-6-18-40(38)49-41/h1-26H. The zero-order chi connectivity index (χ0) is 32.8. The van der Waals surface area contributed by atoms with Crippen molar-refractivity contribution in [3.63, 3.8) is 0 Å². The number of fused-ring (bicyclic) bond motifs is 13. The second-order valence-corrected chi connectivity index (χ2v) is 12.9. The van der Waals surface area contributed by atoms with Gasteiger partial charge in [-0.15, -0.1) is 0 Å². The van der Waals surface area contributed by atoms with Crippen LogP contribution in [0.4, 0.5) is 0 Å². The number of hydrogen-bond acceptors (Lipinski definition) is 4. The van der Waals surface area contributed by atoms with E-state index in [2.05, 4.69) is 133 Å². The molecule has 3 heterocycles. The van der Waals surface area contributed by atoms with Crippen molar-refractivity contribution in [3.05, 3.63) is 158 Å². The van der Waals surface area contributed by atoms with Crippen LogP contribution in [0.1, 0.15) is 0 Å². The van der Waals surface area contributed by atoms with Crippen LogP contribution in [0.15, 0.2) is 167 Å². The van der Waals surface area contributed by atoms with Gasteiger partial charge >= 0.3 is 0 Å². The summed E-state index contributed by atoms with van der Waals surface area (Å²) in [6.45, 7) is 0. The van der Waals surface area contributed by atoms with Crippen molar-refractivity contribution >= 4 is 76.5 Å². The quantitative estimate of drug-likeness (QED) is 0.181. The first-order valence-corrected chi connectivity index (χ1v) is 16.8. The first-order chi connectivity index (χ1) is 24.8. The molecule has 0 saturated carbocycles. The van der Waals surface area contributed by atoms with Crippen LogP contribution < -0.4 is 0 Å². The summed E-state index contributed by atoms with van der Waals surface area (Å²) >= 11 is 0. The minimum absolute atomic E-state index is 0.835. The number of hydrogen-bond donors (Lipinski definition) is 0. The fourth-order valence-corrected chi connectivity index (χ4v) is 7.75. The third-order valence-electron chi connectivity index (χ3n) is 10.1. The molecule has 4 nitrogen and oxygen atoms in total. The molecule has 11 aromatic rings. The molecule has 4 heteroatoms. The van der Waals surface area contributed by atoms with E-state index in [-0.39, 0.29) is 0 Å². The number of furan rings is 2. The van der Waals surface area contributed by atoms with E-state index < -0.39 is 0 Å². The van der Waals surface area contributed by atoms with Gasteiger partial charge in [0, 0.05) is 38.1 Å². The Morgan fingerprint density at radius 2 is 1.02 bits per heavy atom. The fourth-order valence-electron chi connectivity index (χ4n) is 7.75. The first kappa shape index (κ1) is 27.2.